The van der Waals surface area contributed by atoms with Crippen molar-refractivity contribution in [2.45, 2.75) is 38.6 Å². The minimum atomic E-state index is 0.230. The van der Waals surface area contributed by atoms with Crippen LogP contribution in [-0.4, -0.2) is 30.6 Å². The molecule has 27 heavy (non-hydrogen) atoms. The van der Waals surface area contributed by atoms with Crippen LogP contribution in [0.4, 0.5) is 0 Å². The van der Waals surface area contributed by atoms with Gasteiger partial charge in [0.2, 0.25) is 5.91 Å². The Kier molecular flexibility index (Phi) is 5.33. The lowest BCUT2D eigenvalue weighted by molar-refractivity contribution is -0.132. The molecule has 1 heterocycles. The molecule has 0 saturated heterocycles. The molecule has 0 bridgehead atoms. The highest BCUT2D eigenvalue weighted by atomic mass is 16.6. The van der Waals surface area contributed by atoms with Gasteiger partial charge >= 0.3 is 0 Å². The van der Waals surface area contributed by atoms with Crippen LogP contribution in [0.25, 0.3) is 0 Å². The first kappa shape index (κ1) is 17.9. The van der Waals surface area contributed by atoms with Gasteiger partial charge in [-0.1, -0.05) is 36.4 Å². The van der Waals surface area contributed by atoms with Crippen LogP contribution in [-0.2, 0) is 11.3 Å². The Morgan fingerprint density at radius 3 is 2.52 bits per heavy atom. The normalized spacial score (nSPS) is 16.6. The average molecular weight is 365 g/mol. The molecular weight excluding hydrogens is 338 g/mol. The topological polar surface area (TPSA) is 38.8 Å². The van der Waals surface area contributed by atoms with Crippen LogP contribution in [0.15, 0.2) is 48.5 Å². The van der Waals surface area contributed by atoms with E-state index in [0.29, 0.717) is 32.1 Å². The molecule has 0 spiro atoms. The molecule has 2 aliphatic rings. The minimum Gasteiger partial charge on any atom is -0.486 e. The molecule has 1 saturated carbocycles. The van der Waals surface area contributed by atoms with E-state index in [1.54, 1.807) is 0 Å². The number of fused-ring (bicyclic) bond motifs is 1. The van der Waals surface area contributed by atoms with Crippen molar-refractivity contribution < 1.29 is 14.3 Å². The fraction of sp³-hybridized carbons (Fsp3) is 0.435. The Balaban J connectivity index is 1.48. The SMILES string of the molecule is CCN(Cc1ccccc1)C(=O)CC(c1ccc2c(c1)OCCO2)C1CC1. The molecule has 4 nitrogen and oxygen atoms in total. The lowest BCUT2D eigenvalue weighted by atomic mass is 9.90. The van der Waals surface area contributed by atoms with E-state index in [2.05, 4.69) is 31.2 Å². The van der Waals surface area contributed by atoms with E-state index in [-0.39, 0.29) is 11.8 Å². The highest BCUT2D eigenvalue weighted by Gasteiger charge is 2.35. The van der Waals surface area contributed by atoms with E-state index < -0.39 is 0 Å². The predicted molar refractivity (Wildman–Crippen MR) is 105 cm³/mol. The van der Waals surface area contributed by atoms with E-state index in [4.69, 9.17) is 9.47 Å². The van der Waals surface area contributed by atoms with Gasteiger partial charge in [-0.3, -0.25) is 4.79 Å². The van der Waals surface area contributed by atoms with Crippen LogP contribution in [0.2, 0.25) is 0 Å². The lowest BCUT2D eigenvalue weighted by Crippen LogP contribution is -2.31. The Labute approximate surface area is 161 Å². The van der Waals surface area contributed by atoms with E-state index in [0.717, 1.165) is 18.0 Å². The van der Waals surface area contributed by atoms with E-state index in [1.165, 1.54) is 24.0 Å². The maximum absolute atomic E-state index is 13.1. The first-order valence-electron chi connectivity index (χ1n) is 9.96. The predicted octanol–water partition coefficient (Wildman–Crippen LogP) is 4.39. The number of benzene rings is 2. The Morgan fingerprint density at radius 2 is 1.81 bits per heavy atom. The summed E-state index contributed by atoms with van der Waals surface area (Å²) < 4.78 is 11.4. The maximum atomic E-state index is 13.1. The average Bonchev–Trinajstić information content (AvgIpc) is 3.55. The number of carbonyl (C=O) groups is 1. The zero-order chi connectivity index (χ0) is 18.6. The molecule has 0 aromatic heterocycles. The minimum absolute atomic E-state index is 0.230. The molecular formula is C23H27NO3. The van der Waals surface area contributed by atoms with Crippen LogP contribution >= 0.6 is 0 Å². The van der Waals surface area contributed by atoms with Crippen molar-refractivity contribution in [3.8, 4) is 11.5 Å². The van der Waals surface area contributed by atoms with Gasteiger partial charge in [-0.05, 0) is 54.9 Å². The molecule has 1 unspecified atom stereocenters. The fourth-order valence-corrected chi connectivity index (χ4v) is 3.84. The molecule has 1 amide bonds. The Morgan fingerprint density at radius 1 is 1.07 bits per heavy atom. The molecule has 0 radical (unpaired) electrons. The first-order valence-corrected chi connectivity index (χ1v) is 9.96. The van der Waals surface area contributed by atoms with Gasteiger partial charge in [-0.25, -0.2) is 0 Å². The van der Waals surface area contributed by atoms with Gasteiger partial charge in [0.05, 0.1) is 0 Å². The third-order valence-electron chi connectivity index (χ3n) is 5.53. The highest BCUT2D eigenvalue weighted by Crippen LogP contribution is 2.46. The zero-order valence-corrected chi connectivity index (χ0v) is 15.9. The van der Waals surface area contributed by atoms with Gasteiger partial charge in [-0.15, -0.1) is 0 Å². The number of nitrogens with zero attached hydrogens (tertiary/aromatic N) is 1. The van der Waals surface area contributed by atoms with E-state index >= 15 is 0 Å². The van der Waals surface area contributed by atoms with Gasteiger partial charge < -0.3 is 14.4 Å². The summed E-state index contributed by atoms with van der Waals surface area (Å²) >= 11 is 0. The summed E-state index contributed by atoms with van der Waals surface area (Å²) in [4.78, 5) is 15.0. The lowest BCUT2D eigenvalue weighted by Gasteiger charge is -2.26. The molecule has 2 aromatic rings. The number of ether oxygens (including phenoxy) is 2. The molecule has 4 heteroatoms. The molecule has 4 rings (SSSR count). The Bertz CT molecular complexity index is 785. The van der Waals surface area contributed by atoms with Gasteiger partial charge in [-0.2, -0.15) is 0 Å². The molecule has 1 aliphatic carbocycles. The third kappa shape index (κ3) is 4.26. The number of rotatable bonds is 7. The van der Waals surface area contributed by atoms with E-state index in [9.17, 15) is 4.79 Å². The number of carbonyl (C=O) groups excluding carboxylic acids is 1. The van der Waals surface area contributed by atoms with Crippen LogP contribution in [0.5, 0.6) is 11.5 Å². The quantitative estimate of drug-likeness (QED) is 0.730. The summed E-state index contributed by atoms with van der Waals surface area (Å²) in [5.74, 6) is 2.72. The van der Waals surface area contributed by atoms with Crippen LogP contribution < -0.4 is 9.47 Å². The van der Waals surface area contributed by atoms with Crippen molar-refractivity contribution in [1.29, 1.82) is 0 Å². The Hall–Kier alpha value is -2.49. The van der Waals surface area contributed by atoms with Gasteiger partial charge in [0, 0.05) is 19.5 Å². The molecule has 1 atom stereocenters. The van der Waals surface area contributed by atoms with Crippen molar-refractivity contribution in [3.05, 3.63) is 59.7 Å². The monoisotopic (exact) mass is 365 g/mol. The smallest absolute Gasteiger partial charge is 0.223 e. The van der Waals surface area contributed by atoms with Gasteiger partial charge in [0.25, 0.3) is 0 Å². The third-order valence-corrected chi connectivity index (χ3v) is 5.53. The summed E-state index contributed by atoms with van der Waals surface area (Å²) in [5, 5.41) is 0. The number of hydrogen-bond acceptors (Lipinski definition) is 3. The number of amides is 1. The van der Waals surface area contributed by atoms with Crippen molar-refractivity contribution in [2.75, 3.05) is 19.8 Å². The summed E-state index contributed by atoms with van der Waals surface area (Å²) in [7, 11) is 0. The summed E-state index contributed by atoms with van der Waals surface area (Å²) in [6.45, 7) is 4.64. The van der Waals surface area contributed by atoms with Crippen LogP contribution in [0.1, 0.15) is 43.2 Å². The van der Waals surface area contributed by atoms with Gasteiger partial charge in [0.1, 0.15) is 13.2 Å². The zero-order valence-electron chi connectivity index (χ0n) is 15.9. The van der Waals surface area contributed by atoms with Crippen molar-refractivity contribution in [2.24, 2.45) is 5.92 Å². The molecule has 0 N–H and O–H groups in total. The number of hydrogen-bond donors (Lipinski definition) is 0. The van der Waals surface area contributed by atoms with Crippen molar-refractivity contribution in [3.63, 3.8) is 0 Å². The van der Waals surface area contributed by atoms with Gasteiger partial charge in [0.15, 0.2) is 11.5 Å². The summed E-state index contributed by atoms with van der Waals surface area (Å²) in [5.41, 5.74) is 2.38. The standard InChI is InChI=1S/C23H27NO3/c1-2-24(16-17-6-4-3-5-7-17)23(25)15-20(18-8-9-18)19-10-11-21-22(14-19)27-13-12-26-21/h3-7,10-11,14,18,20H,2,8-9,12-13,15-16H2,1H3. The molecule has 2 aromatic carbocycles. The molecule has 142 valence electrons. The van der Waals surface area contributed by atoms with Crippen molar-refractivity contribution >= 4 is 5.91 Å². The van der Waals surface area contributed by atoms with Crippen LogP contribution in [0, 0.1) is 5.92 Å². The second-order valence-corrected chi connectivity index (χ2v) is 7.44. The second kappa shape index (κ2) is 8.03. The fourth-order valence-electron chi connectivity index (χ4n) is 3.84. The summed E-state index contributed by atoms with van der Waals surface area (Å²) in [6, 6.07) is 16.4. The van der Waals surface area contributed by atoms with Crippen molar-refractivity contribution in [1.82, 2.24) is 4.90 Å². The molecule has 1 fully saturated rings. The largest absolute Gasteiger partial charge is 0.486 e. The maximum Gasteiger partial charge on any atom is 0.223 e. The second-order valence-electron chi connectivity index (χ2n) is 7.44. The highest BCUT2D eigenvalue weighted by molar-refractivity contribution is 5.77. The van der Waals surface area contributed by atoms with Crippen LogP contribution in [0.3, 0.4) is 0 Å². The van der Waals surface area contributed by atoms with E-state index in [1.807, 2.05) is 29.2 Å². The first-order chi connectivity index (χ1) is 13.2. The summed E-state index contributed by atoms with van der Waals surface area (Å²) in [6.07, 6.45) is 2.97. The molecule has 1 aliphatic heterocycles.